The summed E-state index contributed by atoms with van der Waals surface area (Å²) in [6, 6.07) is 0.0458. The predicted octanol–water partition coefficient (Wildman–Crippen LogP) is 0.933. The molecule has 0 aliphatic carbocycles. The SMILES string of the molecule is NNOC(=O)CCOc1c(F)c(F)cc(F)c1F. The quantitative estimate of drug-likeness (QED) is 0.360. The average Bonchev–Trinajstić information content (AvgIpc) is 2.31. The van der Waals surface area contributed by atoms with Crippen LogP contribution >= 0.6 is 0 Å². The van der Waals surface area contributed by atoms with Gasteiger partial charge in [-0.1, -0.05) is 5.59 Å². The molecule has 1 aromatic rings. The second-order valence-electron chi connectivity index (χ2n) is 2.99. The van der Waals surface area contributed by atoms with E-state index in [2.05, 4.69) is 15.4 Å². The van der Waals surface area contributed by atoms with Crippen LogP contribution in [0.4, 0.5) is 17.6 Å². The van der Waals surface area contributed by atoms with Gasteiger partial charge in [-0.25, -0.2) is 14.6 Å². The van der Waals surface area contributed by atoms with E-state index in [0.29, 0.717) is 0 Å². The zero-order valence-corrected chi connectivity index (χ0v) is 8.81. The third kappa shape index (κ3) is 3.31. The highest BCUT2D eigenvalue weighted by molar-refractivity contribution is 5.69. The van der Waals surface area contributed by atoms with E-state index in [1.807, 2.05) is 0 Å². The summed E-state index contributed by atoms with van der Waals surface area (Å²) in [7, 11) is 0. The van der Waals surface area contributed by atoms with E-state index in [-0.39, 0.29) is 6.07 Å². The van der Waals surface area contributed by atoms with Gasteiger partial charge in [0.25, 0.3) is 0 Å². The monoisotopic (exact) mass is 268 g/mol. The van der Waals surface area contributed by atoms with Gasteiger partial charge in [0.15, 0.2) is 17.4 Å². The van der Waals surface area contributed by atoms with E-state index in [1.165, 1.54) is 0 Å². The van der Waals surface area contributed by atoms with Crippen molar-refractivity contribution in [2.75, 3.05) is 6.61 Å². The Morgan fingerprint density at radius 3 is 2.28 bits per heavy atom. The van der Waals surface area contributed by atoms with E-state index < -0.39 is 48.0 Å². The maximum absolute atomic E-state index is 13.1. The van der Waals surface area contributed by atoms with Gasteiger partial charge in [-0.3, -0.25) is 4.79 Å². The lowest BCUT2D eigenvalue weighted by molar-refractivity contribution is -0.151. The summed E-state index contributed by atoms with van der Waals surface area (Å²) in [6.07, 6.45) is -0.429. The van der Waals surface area contributed by atoms with Crippen LogP contribution in [0.25, 0.3) is 0 Å². The van der Waals surface area contributed by atoms with Gasteiger partial charge in [0.1, 0.15) is 0 Å². The number of halogens is 4. The lowest BCUT2D eigenvalue weighted by atomic mass is 10.3. The first-order chi connectivity index (χ1) is 8.47. The molecule has 0 aliphatic rings. The van der Waals surface area contributed by atoms with Crippen molar-refractivity contribution in [3.05, 3.63) is 29.3 Å². The Labute approximate surface area is 98.4 Å². The highest BCUT2D eigenvalue weighted by atomic mass is 19.2. The average molecular weight is 268 g/mol. The smallest absolute Gasteiger partial charge is 0.329 e. The van der Waals surface area contributed by atoms with Crippen LogP contribution in [0.1, 0.15) is 6.42 Å². The summed E-state index contributed by atoms with van der Waals surface area (Å²) in [5.41, 5.74) is 1.58. The second kappa shape index (κ2) is 6.17. The highest BCUT2D eigenvalue weighted by Gasteiger charge is 2.20. The highest BCUT2D eigenvalue weighted by Crippen LogP contribution is 2.26. The van der Waals surface area contributed by atoms with Crippen molar-refractivity contribution in [1.29, 1.82) is 0 Å². The first-order valence-electron chi connectivity index (χ1n) is 4.58. The van der Waals surface area contributed by atoms with Gasteiger partial charge in [-0.05, 0) is 0 Å². The van der Waals surface area contributed by atoms with Crippen molar-refractivity contribution >= 4 is 5.97 Å². The normalized spacial score (nSPS) is 10.3. The first-order valence-corrected chi connectivity index (χ1v) is 4.58. The van der Waals surface area contributed by atoms with Crippen LogP contribution in [0.15, 0.2) is 6.07 Å². The van der Waals surface area contributed by atoms with Crippen molar-refractivity contribution < 1.29 is 31.9 Å². The van der Waals surface area contributed by atoms with Gasteiger partial charge in [-0.15, -0.1) is 0 Å². The summed E-state index contributed by atoms with van der Waals surface area (Å²) in [5, 5.41) is 0. The minimum absolute atomic E-state index is 0.0458. The standard InChI is InChI=1S/C9H8F4N2O3/c10-4-3-5(11)8(13)9(7(4)12)17-2-1-6(16)18-15-14/h3,15H,1-2,14H2. The van der Waals surface area contributed by atoms with Gasteiger partial charge in [0, 0.05) is 6.07 Å². The first kappa shape index (κ1) is 14.2. The van der Waals surface area contributed by atoms with Crippen molar-refractivity contribution in [1.82, 2.24) is 5.59 Å². The number of hydrazine groups is 1. The molecule has 0 heterocycles. The molecule has 0 unspecified atom stereocenters. The lowest BCUT2D eigenvalue weighted by Crippen LogP contribution is -2.27. The molecule has 9 heteroatoms. The number of benzene rings is 1. The third-order valence-corrected chi connectivity index (χ3v) is 1.80. The number of carbonyl (C=O) groups excluding carboxylic acids is 1. The fourth-order valence-electron chi connectivity index (χ4n) is 1.03. The molecular formula is C9H8F4N2O3. The number of hydrogen-bond acceptors (Lipinski definition) is 5. The fourth-order valence-corrected chi connectivity index (χ4v) is 1.03. The molecule has 100 valence electrons. The molecule has 1 rings (SSSR count). The molecule has 0 fully saturated rings. The molecule has 0 amide bonds. The summed E-state index contributed by atoms with van der Waals surface area (Å²) >= 11 is 0. The van der Waals surface area contributed by atoms with Crippen LogP contribution in [0, 0.1) is 23.3 Å². The summed E-state index contributed by atoms with van der Waals surface area (Å²) in [5.74, 6) is -4.03. The van der Waals surface area contributed by atoms with E-state index >= 15 is 0 Å². The molecule has 18 heavy (non-hydrogen) atoms. The molecule has 0 atom stereocenters. The molecule has 5 nitrogen and oxygen atoms in total. The van der Waals surface area contributed by atoms with Gasteiger partial charge >= 0.3 is 5.97 Å². The van der Waals surface area contributed by atoms with E-state index in [0.717, 1.165) is 0 Å². The van der Waals surface area contributed by atoms with Crippen molar-refractivity contribution in [2.45, 2.75) is 6.42 Å². The van der Waals surface area contributed by atoms with E-state index in [1.54, 1.807) is 5.59 Å². The Kier molecular flexibility index (Phi) is 4.86. The topological polar surface area (TPSA) is 73.6 Å². The number of nitrogens with two attached hydrogens (primary N) is 1. The van der Waals surface area contributed by atoms with E-state index in [4.69, 9.17) is 0 Å². The number of carbonyl (C=O) groups is 1. The van der Waals surface area contributed by atoms with Crippen LogP contribution in [-0.2, 0) is 9.63 Å². The Balaban J connectivity index is 2.70. The summed E-state index contributed by atoms with van der Waals surface area (Å²) in [4.78, 5) is 14.8. The largest absolute Gasteiger partial charge is 0.487 e. The summed E-state index contributed by atoms with van der Waals surface area (Å²) < 4.78 is 56.1. The molecule has 0 aromatic heterocycles. The van der Waals surface area contributed by atoms with Crippen molar-refractivity contribution in [3.8, 4) is 5.75 Å². The van der Waals surface area contributed by atoms with Gasteiger partial charge in [0.2, 0.25) is 11.6 Å². The van der Waals surface area contributed by atoms with Crippen molar-refractivity contribution in [3.63, 3.8) is 0 Å². The van der Waals surface area contributed by atoms with Crippen LogP contribution in [0.2, 0.25) is 0 Å². The van der Waals surface area contributed by atoms with Crippen LogP contribution < -0.4 is 16.2 Å². The Morgan fingerprint density at radius 1 is 1.22 bits per heavy atom. The minimum atomic E-state index is -1.68. The Morgan fingerprint density at radius 2 is 1.78 bits per heavy atom. The molecule has 0 saturated heterocycles. The maximum Gasteiger partial charge on any atom is 0.329 e. The molecular weight excluding hydrogens is 260 g/mol. The lowest BCUT2D eigenvalue weighted by Gasteiger charge is -2.08. The predicted molar refractivity (Wildman–Crippen MR) is 49.8 cm³/mol. The maximum atomic E-state index is 13.1. The number of ether oxygens (including phenoxy) is 1. The molecule has 1 aromatic carbocycles. The second-order valence-corrected chi connectivity index (χ2v) is 2.99. The van der Waals surface area contributed by atoms with Gasteiger partial charge in [-0.2, -0.15) is 8.78 Å². The fraction of sp³-hybridized carbons (Fsp3) is 0.222. The third-order valence-electron chi connectivity index (χ3n) is 1.80. The molecule has 0 spiro atoms. The van der Waals surface area contributed by atoms with Gasteiger partial charge < -0.3 is 9.57 Å². The van der Waals surface area contributed by atoms with Crippen LogP contribution in [0.5, 0.6) is 5.75 Å². The van der Waals surface area contributed by atoms with Crippen LogP contribution in [0.3, 0.4) is 0 Å². The molecule has 0 bridgehead atoms. The summed E-state index contributed by atoms with van der Waals surface area (Å²) in [6.45, 7) is -0.544. The molecule has 0 saturated carbocycles. The molecule has 3 N–H and O–H groups in total. The zero-order valence-electron chi connectivity index (χ0n) is 8.81. The zero-order chi connectivity index (χ0) is 13.7. The van der Waals surface area contributed by atoms with E-state index in [9.17, 15) is 22.4 Å². The van der Waals surface area contributed by atoms with Gasteiger partial charge in [0.05, 0.1) is 13.0 Å². The number of rotatable bonds is 5. The number of hydrogen-bond donors (Lipinski definition) is 2. The van der Waals surface area contributed by atoms with Crippen molar-refractivity contribution in [2.24, 2.45) is 5.84 Å². The molecule has 0 aliphatic heterocycles. The Hall–Kier alpha value is -1.87. The molecule has 0 radical (unpaired) electrons. The minimum Gasteiger partial charge on any atom is -0.487 e. The van der Waals surface area contributed by atoms with Crippen LogP contribution in [-0.4, -0.2) is 12.6 Å². The Bertz CT molecular complexity index is 430. The number of nitrogens with one attached hydrogen (secondary N) is 1.